The molecule has 41 heavy (non-hydrogen) atoms. The predicted molar refractivity (Wildman–Crippen MR) is 158 cm³/mol. The minimum atomic E-state index is -2.84. The van der Waals surface area contributed by atoms with Gasteiger partial charge in [-0.3, -0.25) is 14.5 Å². The normalized spacial score (nSPS) is 14.5. The zero-order valence-corrected chi connectivity index (χ0v) is 24.1. The number of nitrogens with zero attached hydrogens (tertiary/aromatic N) is 1. The van der Waals surface area contributed by atoms with Gasteiger partial charge in [0.1, 0.15) is 17.0 Å². The molecule has 0 unspecified atom stereocenters. The number of alkyl halides is 2. The summed E-state index contributed by atoms with van der Waals surface area (Å²) in [7, 11) is 0. The average molecular weight is 591 g/mol. The van der Waals surface area contributed by atoms with E-state index in [4.69, 9.17) is 0 Å². The van der Waals surface area contributed by atoms with E-state index < -0.39 is 6.61 Å². The van der Waals surface area contributed by atoms with E-state index in [1.54, 1.807) is 18.2 Å². The molecule has 1 aliphatic carbocycles. The molecular weight excluding hydrogens is 550 g/mol. The van der Waals surface area contributed by atoms with Crippen molar-refractivity contribution in [3.63, 3.8) is 0 Å². The molecule has 1 heterocycles. The summed E-state index contributed by atoms with van der Waals surface area (Å²) < 4.78 is 30.6. The zero-order chi connectivity index (χ0) is 29.0. The highest BCUT2D eigenvalue weighted by atomic mass is 32.1. The summed E-state index contributed by atoms with van der Waals surface area (Å²) in [6.07, 6.45) is 8.91. The van der Waals surface area contributed by atoms with Crippen molar-refractivity contribution in [1.82, 2.24) is 20.5 Å². The minimum absolute atomic E-state index is 0.00935. The minimum Gasteiger partial charge on any atom is -0.506 e. The van der Waals surface area contributed by atoms with Crippen LogP contribution in [-0.4, -0.2) is 66.3 Å². The fourth-order valence-electron chi connectivity index (χ4n) is 5.49. The summed E-state index contributed by atoms with van der Waals surface area (Å²) >= 11 is 1.10. The van der Waals surface area contributed by atoms with Gasteiger partial charge < -0.3 is 25.5 Å². The van der Waals surface area contributed by atoms with Gasteiger partial charge in [-0.15, -0.1) is 0 Å². The first-order valence-electron chi connectivity index (χ1n) is 14.5. The molecule has 0 radical (unpaired) electrons. The summed E-state index contributed by atoms with van der Waals surface area (Å²) in [6, 6.07) is 10.7. The van der Waals surface area contributed by atoms with Crippen LogP contribution in [0.15, 0.2) is 41.2 Å². The zero-order valence-electron chi connectivity index (χ0n) is 23.3. The van der Waals surface area contributed by atoms with Crippen molar-refractivity contribution in [2.24, 2.45) is 0 Å². The van der Waals surface area contributed by atoms with E-state index in [1.807, 2.05) is 12.1 Å². The Morgan fingerprint density at radius 3 is 2.66 bits per heavy atom. The average Bonchev–Trinajstić information content (AvgIpc) is 3.15. The van der Waals surface area contributed by atoms with Gasteiger partial charge in [-0.05, 0) is 61.6 Å². The molecule has 1 aliphatic rings. The molecule has 1 fully saturated rings. The van der Waals surface area contributed by atoms with Crippen molar-refractivity contribution in [3.8, 4) is 11.5 Å². The summed E-state index contributed by atoms with van der Waals surface area (Å²) in [6.45, 7) is 0.401. The number of aromatic amines is 1. The Labute approximate surface area is 243 Å². The van der Waals surface area contributed by atoms with Crippen molar-refractivity contribution in [3.05, 3.63) is 57.2 Å². The first kappa shape index (κ1) is 30.9. The molecule has 2 aromatic carbocycles. The van der Waals surface area contributed by atoms with Crippen molar-refractivity contribution >= 4 is 27.5 Å². The number of hydrogen-bond donors (Lipinski definition) is 4. The second-order valence-corrected chi connectivity index (χ2v) is 11.5. The third kappa shape index (κ3) is 9.79. The summed E-state index contributed by atoms with van der Waals surface area (Å²) in [5.41, 5.74) is 2.41. The van der Waals surface area contributed by atoms with Crippen molar-refractivity contribution in [1.29, 1.82) is 0 Å². The van der Waals surface area contributed by atoms with Gasteiger partial charge in [0.05, 0.1) is 4.70 Å². The summed E-state index contributed by atoms with van der Waals surface area (Å²) in [5, 5.41) is 16.3. The van der Waals surface area contributed by atoms with Gasteiger partial charge in [0.15, 0.2) is 0 Å². The highest BCUT2D eigenvalue weighted by Gasteiger charge is 2.21. The third-order valence-electron chi connectivity index (χ3n) is 7.61. The van der Waals surface area contributed by atoms with E-state index in [0.717, 1.165) is 46.6 Å². The number of aromatic hydroxyl groups is 1. The number of phenolic OH excluding ortho intramolecular Hbond substituents is 1. The van der Waals surface area contributed by atoms with Crippen LogP contribution in [-0.2, 0) is 17.6 Å². The summed E-state index contributed by atoms with van der Waals surface area (Å²) in [5.74, 6) is 0.253. The molecular formula is C30H40F2N4O4S. The van der Waals surface area contributed by atoms with Crippen molar-refractivity contribution < 1.29 is 23.4 Å². The molecule has 0 atom stereocenters. The number of benzene rings is 2. The first-order chi connectivity index (χ1) is 19.9. The van der Waals surface area contributed by atoms with Gasteiger partial charge in [0, 0.05) is 38.6 Å². The molecule has 0 spiro atoms. The lowest BCUT2D eigenvalue weighted by molar-refractivity contribution is -0.121. The lowest BCUT2D eigenvalue weighted by Crippen LogP contribution is -2.40. The first-order valence-corrected chi connectivity index (χ1v) is 15.3. The fraction of sp³-hybridized carbons (Fsp3) is 0.533. The number of amides is 1. The lowest BCUT2D eigenvalue weighted by Gasteiger charge is -2.31. The van der Waals surface area contributed by atoms with E-state index in [2.05, 4.69) is 25.3 Å². The number of thiazole rings is 1. The molecule has 11 heteroatoms. The van der Waals surface area contributed by atoms with Crippen LogP contribution in [0, 0.1) is 0 Å². The largest absolute Gasteiger partial charge is 0.506 e. The number of hydrogen-bond acceptors (Lipinski definition) is 7. The fourth-order valence-corrected chi connectivity index (χ4v) is 6.39. The predicted octanol–water partition coefficient (Wildman–Crippen LogP) is 4.80. The highest BCUT2D eigenvalue weighted by Crippen LogP contribution is 2.28. The molecule has 1 aromatic heterocycles. The van der Waals surface area contributed by atoms with Crippen LogP contribution in [0.4, 0.5) is 8.78 Å². The molecule has 3 aromatic rings. The Hall–Kier alpha value is -3.02. The number of aromatic nitrogens is 1. The maximum absolute atomic E-state index is 12.6. The SMILES string of the molecule is O=C(CCN(CCc1cccc(OC(F)F)c1)C1CCCCCC1)NCCNCCc1ccc(O)c2[nH]c(=O)sc12. The Bertz CT molecular complexity index is 1310. The highest BCUT2D eigenvalue weighted by molar-refractivity contribution is 7.16. The van der Waals surface area contributed by atoms with Gasteiger partial charge in [-0.25, -0.2) is 0 Å². The van der Waals surface area contributed by atoms with E-state index >= 15 is 0 Å². The summed E-state index contributed by atoms with van der Waals surface area (Å²) in [4.78, 5) is 29.2. The number of carbonyl (C=O) groups excluding carboxylic acids is 1. The number of halogens is 2. The number of rotatable bonds is 15. The maximum Gasteiger partial charge on any atom is 0.387 e. The third-order valence-corrected chi connectivity index (χ3v) is 8.57. The van der Waals surface area contributed by atoms with Crippen molar-refractivity contribution in [2.45, 2.75) is 70.4 Å². The molecule has 0 aliphatic heterocycles. The standard InChI is InChI=1S/C30H40F2N4O4S/c31-29(32)40-24-9-5-6-21(20-24)13-18-36(23-7-3-1-2-4-8-23)19-14-26(38)34-17-16-33-15-12-22-10-11-25(37)27-28(22)41-30(39)35-27/h5-6,9-11,20,23,29,33,37H,1-4,7-8,12-19H2,(H,34,38)(H,35,39). The van der Waals surface area contributed by atoms with Gasteiger partial charge in [0.2, 0.25) is 5.91 Å². The van der Waals surface area contributed by atoms with Gasteiger partial charge in [-0.1, -0.05) is 55.2 Å². The maximum atomic E-state index is 12.6. The molecule has 4 N–H and O–H groups in total. The number of phenols is 1. The number of H-pyrrole nitrogens is 1. The van der Waals surface area contributed by atoms with Crippen LogP contribution < -0.4 is 20.2 Å². The van der Waals surface area contributed by atoms with E-state index in [9.17, 15) is 23.5 Å². The van der Waals surface area contributed by atoms with E-state index in [-0.39, 0.29) is 22.3 Å². The van der Waals surface area contributed by atoms with E-state index in [0.29, 0.717) is 57.0 Å². The molecule has 224 valence electrons. The quantitative estimate of drug-likeness (QED) is 0.150. The Morgan fingerprint density at radius 2 is 1.88 bits per heavy atom. The van der Waals surface area contributed by atoms with Crippen molar-refractivity contribution in [2.75, 3.05) is 32.7 Å². The molecule has 1 amide bonds. The second kappa shape index (κ2) is 15.8. The molecule has 0 bridgehead atoms. The van der Waals surface area contributed by atoms with Crippen LogP contribution in [0.2, 0.25) is 0 Å². The van der Waals surface area contributed by atoms with Crippen LogP contribution in [0.3, 0.4) is 0 Å². The van der Waals surface area contributed by atoms with Crippen LogP contribution in [0.1, 0.15) is 56.1 Å². The van der Waals surface area contributed by atoms with Gasteiger partial charge in [0.25, 0.3) is 0 Å². The second-order valence-electron chi connectivity index (χ2n) is 10.5. The Morgan fingerprint density at radius 1 is 1.07 bits per heavy atom. The van der Waals surface area contributed by atoms with Crippen LogP contribution >= 0.6 is 11.3 Å². The number of fused-ring (bicyclic) bond motifs is 1. The smallest absolute Gasteiger partial charge is 0.387 e. The molecule has 8 nitrogen and oxygen atoms in total. The number of ether oxygens (including phenoxy) is 1. The molecule has 0 saturated heterocycles. The molecule has 1 saturated carbocycles. The van der Waals surface area contributed by atoms with Gasteiger partial charge >= 0.3 is 11.5 Å². The van der Waals surface area contributed by atoms with E-state index in [1.165, 1.54) is 31.7 Å². The number of nitrogens with one attached hydrogen (secondary N) is 3. The number of carbonyl (C=O) groups is 1. The lowest BCUT2D eigenvalue weighted by atomic mass is 10.0. The Balaban J connectivity index is 1.20. The Kier molecular flexibility index (Phi) is 11.9. The molecule has 4 rings (SSSR count). The van der Waals surface area contributed by atoms with Crippen LogP contribution in [0.5, 0.6) is 11.5 Å². The monoisotopic (exact) mass is 590 g/mol. The van der Waals surface area contributed by atoms with Crippen LogP contribution in [0.25, 0.3) is 10.2 Å². The topological polar surface area (TPSA) is 107 Å². The van der Waals surface area contributed by atoms with Gasteiger partial charge in [-0.2, -0.15) is 8.78 Å².